The maximum absolute atomic E-state index is 10.3. The molecular formula is C3H3BrO4S. The number of rotatable bonds is 0. The van der Waals surface area contributed by atoms with Crippen LogP contribution in [0, 0.1) is 0 Å². The zero-order valence-electron chi connectivity index (χ0n) is 4.20. The molecule has 0 N–H and O–H groups in total. The first kappa shape index (κ1) is 7.04. The van der Waals surface area contributed by atoms with Crippen molar-refractivity contribution in [3.63, 3.8) is 0 Å². The van der Waals surface area contributed by atoms with Gasteiger partial charge in [0.2, 0.25) is 0 Å². The quantitative estimate of drug-likeness (QED) is 0.590. The third-order valence-corrected chi connectivity index (χ3v) is 2.15. The molecule has 0 saturated heterocycles. The van der Waals surface area contributed by atoms with Crippen LogP contribution in [0.5, 0.6) is 0 Å². The van der Waals surface area contributed by atoms with Crippen molar-refractivity contribution in [3.8, 4) is 0 Å². The van der Waals surface area contributed by atoms with E-state index in [9.17, 15) is 8.42 Å². The lowest BCUT2D eigenvalue weighted by Crippen LogP contribution is -2.12. The molecule has 0 aromatic carbocycles. The van der Waals surface area contributed by atoms with Crippen LogP contribution in [0.4, 0.5) is 0 Å². The average molecular weight is 215 g/mol. The van der Waals surface area contributed by atoms with Crippen LogP contribution in [0.1, 0.15) is 0 Å². The predicted octanol–water partition coefficient (Wildman–Crippen LogP) is 0.514. The highest BCUT2D eigenvalue weighted by atomic mass is 79.9. The van der Waals surface area contributed by atoms with E-state index in [2.05, 4.69) is 24.3 Å². The molecule has 0 radical (unpaired) electrons. The lowest BCUT2D eigenvalue weighted by atomic mass is 10.7. The number of hydrogen-bond acceptors (Lipinski definition) is 4. The van der Waals surface area contributed by atoms with Gasteiger partial charge in [0.1, 0.15) is 0 Å². The minimum absolute atomic E-state index is 0.0307. The van der Waals surface area contributed by atoms with E-state index in [-0.39, 0.29) is 11.3 Å². The standard InChI is InChI=1S/C3H3BrO4S/c4-3-1-2-7-9(5,6)8-3/h1H,2H2. The maximum Gasteiger partial charge on any atom is 0.449 e. The van der Waals surface area contributed by atoms with Gasteiger partial charge in [-0.1, -0.05) is 0 Å². The Bertz CT molecular complexity index is 228. The Hall–Kier alpha value is -0.0700. The third-order valence-electron chi connectivity index (χ3n) is 0.638. The zero-order valence-corrected chi connectivity index (χ0v) is 6.61. The molecular weight excluding hydrogens is 212 g/mol. The minimum atomic E-state index is -3.75. The first-order valence-corrected chi connectivity index (χ1v) is 4.17. The summed E-state index contributed by atoms with van der Waals surface area (Å²) in [6.45, 7) is 0.0307. The van der Waals surface area contributed by atoms with E-state index < -0.39 is 10.4 Å². The predicted molar refractivity (Wildman–Crippen MR) is 33.0 cm³/mol. The molecule has 6 heteroatoms. The Balaban J connectivity index is 2.83. The highest BCUT2D eigenvalue weighted by Crippen LogP contribution is 2.16. The number of hydrogen-bond donors (Lipinski definition) is 0. The van der Waals surface area contributed by atoms with Crippen LogP contribution in [0.25, 0.3) is 0 Å². The third kappa shape index (κ3) is 1.96. The van der Waals surface area contributed by atoms with E-state index in [1.807, 2.05) is 0 Å². The molecule has 4 nitrogen and oxygen atoms in total. The molecule has 0 bridgehead atoms. The van der Waals surface area contributed by atoms with Crippen molar-refractivity contribution in [2.24, 2.45) is 0 Å². The summed E-state index contributed by atoms with van der Waals surface area (Å²) in [5.41, 5.74) is 0. The largest absolute Gasteiger partial charge is 0.449 e. The van der Waals surface area contributed by atoms with E-state index in [1.54, 1.807) is 0 Å². The van der Waals surface area contributed by atoms with Gasteiger partial charge in [0, 0.05) is 0 Å². The van der Waals surface area contributed by atoms with Gasteiger partial charge in [0.05, 0.1) is 6.61 Å². The second kappa shape index (κ2) is 2.28. The van der Waals surface area contributed by atoms with Crippen LogP contribution in [-0.2, 0) is 18.8 Å². The Morgan fingerprint density at radius 3 is 2.67 bits per heavy atom. The van der Waals surface area contributed by atoms with Crippen LogP contribution >= 0.6 is 15.9 Å². The van der Waals surface area contributed by atoms with Crippen molar-refractivity contribution in [2.45, 2.75) is 0 Å². The minimum Gasteiger partial charge on any atom is -0.354 e. The molecule has 1 aliphatic rings. The van der Waals surface area contributed by atoms with Gasteiger partial charge >= 0.3 is 10.4 Å². The monoisotopic (exact) mass is 214 g/mol. The summed E-state index contributed by atoms with van der Waals surface area (Å²) in [4.78, 5) is 0. The van der Waals surface area contributed by atoms with E-state index >= 15 is 0 Å². The lowest BCUT2D eigenvalue weighted by Gasteiger charge is -2.08. The molecule has 1 heterocycles. The molecule has 1 aliphatic heterocycles. The molecule has 0 amide bonds. The van der Waals surface area contributed by atoms with Crippen molar-refractivity contribution in [3.05, 3.63) is 10.7 Å². The van der Waals surface area contributed by atoms with Gasteiger partial charge in [-0.15, -0.1) is 0 Å². The van der Waals surface area contributed by atoms with Crippen molar-refractivity contribution < 1.29 is 16.8 Å². The van der Waals surface area contributed by atoms with Crippen LogP contribution in [0.3, 0.4) is 0 Å². The second-order valence-electron chi connectivity index (χ2n) is 1.28. The first-order valence-electron chi connectivity index (χ1n) is 2.05. The summed E-state index contributed by atoms with van der Waals surface area (Å²) in [5.74, 6) is 0. The van der Waals surface area contributed by atoms with Crippen LogP contribution in [0.15, 0.2) is 10.7 Å². The van der Waals surface area contributed by atoms with Gasteiger partial charge in [-0.25, -0.2) is 4.18 Å². The van der Waals surface area contributed by atoms with Crippen LogP contribution in [-0.4, -0.2) is 15.0 Å². The fourth-order valence-corrected chi connectivity index (χ4v) is 1.50. The molecule has 0 spiro atoms. The summed E-state index contributed by atoms with van der Waals surface area (Å²) >= 11 is 2.84. The molecule has 0 aliphatic carbocycles. The topological polar surface area (TPSA) is 52.6 Å². The van der Waals surface area contributed by atoms with Gasteiger partial charge in [-0.05, 0) is 22.0 Å². The molecule has 0 saturated carbocycles. The van der Waals surface area contributed by atoms with Gasteiger partial charge in [-0.3, -0.25) is 0 Å². The second-order valence-corrected chi connectivity index (χ2v) is 3.28. The fourth-order valence-electron chi connectivity index (χ4n) is 0.338. The highest BCUT2D eigenvalue weighted by Gasteiger charge is 2.17. The van der Waals surface area contributed by atoms with E-state index in [1.165, 1.54) is 6.08 Å². The molecule has 0 unspecified atom stereocenters. The average Bonchev–Trinajstić information content (AvgIpc) is 1.60. The highest BCUT2D eigenvalue weighted by molar-refractivity contribution is 9.11. The van der Waals surface area contributed by atoms with Crippen molar-refractivity contribution in [2.75, 3.05) is 6.61 Å². The summed E-state index contributed by atoms with van der Waals surface area (Å²) in [5, 5.41) is 0. The smallest absolute Gasteiger partial charge is 0.354 e. The van der Waals surface area contributed by atoms with Crippen molar-refractivity contribution in [1.82, 2.24) is 0 Å². The molecule has 9 heavy (non-hydrogen) atoms. The normalized spacial score (nSPS) is 24.3. The number of halogens is 1. The van der Waals surface area contributed by atoms with Crippen LogP contribution < -0.4 is 0 Å². The molecule has 0 atom stereocenters. The fraction of sp³-hybridized carbons (Fsp3) is 0.333. The molecule has 1 rings (SSSR count). The Kier molecular flexibility index (Phi) is 1.78. The summed E-state index contributed by atoms with van der Waals surface area (Å²) < 4.78 is 29.2. The first-order chi connectivity index (χ1) is 4.10. The Morgan fingerprint density at radius 1 is 1.67 bits per heavy atom. The molecule has 52 valence electrons. The molecule has 0 fully saturated rings. The SMILES string of the molecule is O=S1(=O)OCC=C(Br)O1. The van der Waals surface area contributed by atoms with Gasteiger partial charge in [-0.2, -0.15) is 8.42 Å². The summed E-state index contributed by atoms with van der Waals surface area (Å²) in [7, 11) is -3.75. The lowest BCUT2D eigenvalue weighted by molar-refractivity contribution is 0.260. The molecule has 0 aromatic rings. The van der Waals surface area contributed by atoms with E-state index in [0.717, 1.165) is 0 Å². The summed E-state index contributed by atoms with van der Waals surface area (Å²) in [6.07, 6.45) is 1.46. The Morgan fingerprint density at radius 2 is 2.33 bits per heavy atom. The zero-order chi connectivity index (χ0) is 6.91. The van der Waals surface area contributed by atoms with Crippen molar-refractivity contribution in [1.29, 1.82) is 0 Å². The Labute approximate surface area is 60.9 Å². The van der Waals surface area contributed by atoms with Crippen molar-refractivity contribution >= 4 is 26.3 Å². The maximum atomic E-state index is 10.3. The molecule has 0 aromatic heterocycles. The van der Waals surface area contributed by atoms with Gasteiger partial charge in [0.15, 0.2) is 4.67 Å². The van der Waals surface area contributed by atoms with Gasteiger partial charge < -0.3 is 4.18 Å². The van der Waals surface area contributed by atoms with E-state index in [4.69, 9.17) is 0 Å². The van der Waals surface area contributed by atoms with Gasteiger partial charge in [0.25, 0.3) is 0 Å². The summed E-state index contributed by atoms with van der Waals surface area (Å²) in [6, 6.07) is 0. The van der Waals surface area contributed by atoms with Crippen LogP contribution in [0.2, 0.25) is 0 Å². The van der Waals surface area contributed by atoms with E-state index in [0.29, 0.717) is 0 Å².